The molecule has 3 aromatic rings. The number of esters is 1. The average Bonchev–Trinajstić information content (AvgIpc) is 3.13. The first-order valence-corrected chi connectivity index (χ1v) is 12.6. The number of nitrogens with zero attached hydrogens (tertiary/aromatic N) is 3. The molecular formula is C28H31N3O3S. The van der Waals surface area contributed by atoms with Gasteiger partial charge in [-0.3, -0.25) is 9.36 Å². The van der Waals surface area contributed by atoms with E-state index in [0.717, 1.165) is 16.8 Å². The van der Waals surface area contributed by atoms with Gasteiger partial charge in [0, 0.05) is 19.8 Å². The lowest BCUT2D eigenvalue weighted by Crippen LogP contribution is -2.39. The molecular weight excluding hydrogens is 458 g/mol. The maximum atomic E-state index is 13.7. The largest absolute Gasteiger partial charge is 0.463 e. The maximum absolute atomic E-state index is 13.7. The Kier molecular flexibility index (Phi) is 7.08. The Morgan fingerprint density at radius 3 is 2.37 bits per heavy atom. The molecule has 182 valence electrons. The summed E-state index contributed by atoms with van der Waals surface area (Å²) in [5, 5.41) is 0. The number of aromatic nitrogens is 1. The van der Waals surface area contributed by atoms with Crippen molar-refractivity contribution in [1.82, 2.24) is 4.57 Å². The summed E-state index contributed by atoms with van der Waals surface area (Å²) in [5.41, 5.74) is 4.87. The minimum Gasteiger partial charge on any atom is -0.463 e. The van der Waals surface area contributed by atoms with E-state index in [1.807, 2.05) is 61.5 Å². The molecule has 0 spiro atoms. The maximum Gasteiger partial charge on any atom is 0.338 e. The van der Waals surface area contributed by atoms with Gasteiger partial charge in [-0.2, -0.15) is 0 Å². The van der Waals surface area contributed by atoms with Gasteiger partial charge < -0.3 is 9.64 Å². The lowest BCUT2D eigenvalue weighted by molar-refractivity contribution is -0.139. The number of thiazole rings is 1. The second kappa shape index (κ2) is 10.0. The van der Waals surface area contributed by atoms with Crippen LogP contribution in [0.15, 0.2) is 69.6 Å². The van der Waals surface area contributed by atoms with E-state index in [0.29, 0.717) is 26.5 Å². The summed E-state index contributed by atoms with van der Waals surface area (Å²) in [6.45, 7) is 8.10. The number of allylic oxidation sites excluding steroid dienone is 1. The fraction of sp³-hybridized carbons (Fsp3) is 0.321. The predicted molar refractivity (Wildman–Crippen MR) is 142 cm³/mol. The topological polar surface area (TPSA) is 63.9 Å². The van der Waals surface area contributed by atoms with E-state index in [9.17, 15) is 9.59 Å². The smallest absolute Gasteiger partial charge is 0.338 e. The van der Waals surface area contributed by atoms with Gasteiger partial charge in [0.15, 0.2) is 4.80 Å². The van der Waals surface area contributed by atoms with Crippen LogP contribution in [0.25, 0.3) is 6.08 Å². The van der Waals surface area contributed by atoms with Crippen LogP contribution in [-0.4, -0.2) is 31.2 Å². The third-order valence-electron chi connectivity index (χ3n) is 6.14. The predicted octanol–water partition coefficient (Wildman–Crippen LogP) is 3.99. The van der Waals surface area contributed by atoms with Gasteiger partial charge in [0.05, 0.1) is 28.5 Å². The van der Waals surface area contributed by atoms with Crippen molar-refractivity contribution in [1.29, 1.82) is 0 Å². The number of rotatable bonds is 6. The Labute approximate surface area is 209 Å². The molecule has 7 heteroatoms. The van der Waals surface area contributed by atoms with E-state index in [1.165, 1.54) is 16.9 Å². The molecule has 2 aromatic carbocycles. The summed E-state index contributed by atoms with van der Waals surface area (Å²) in [4.78, 5) is 33.9. The van der Waals surface area contributed by atoms with Crippen LogP contribution in [0.3, 0.4) is 0 Å². The summed E-state index contributed by atoms with van der Waals surface area (Å²) >= 11 is 1.34. The SMILES string of the molecule is CCOC(=O)C1=C(C)N=c2s/c(=C/c3ccc(N(C)C)cc3)c(=O)n2[C@H]1c1ccc(C(C)C)cc1. The van der Waals surface area contributed by atoms with Gasteiger partial charge in [-0.25, -0.2) is 9.79 Å². The monoisotopic (exact) mass is 489 g/mol. The van der Waals surface area contributed by atoms with Gasteiger partial charge in [-0.1, -0.05) is 61.6 Å². The standard InChI is InChI=1S/C28H31N3O3S/c1-7-34-27(33)24-18(4)29-28-31(25(24)21-12-10-20(11-13-21)17(2)3)26(32)23(35-28)16-19-8-14-22(15-9-19)30(5)6/h8-17,25H,7H2,1-6H3/b23-16+/t25-/m0/s1. The summed E-state index contributed by atoms with van der Waals surface area (Å²) in [6, 6.07) is 15.5. The highest BCUT2D eigenvalue weighted by Gasteiger charge is 2.33. The van der Waals surface area contributed by atoms with E-state index >= 15 is 0 Å². The number of hydrogen-bond acceptors (Lipinski definition) is 6. The Balaban J connectivity index is 1.88. The van der Waals surface area contributed by atoms with Crippen LogP contribution in [0.1, 0.15) is 56.3 Å². The minimum atomic E-state index is -0.593. The van der Waals surface area contributed by atoms with E-state index < -0.39 is 12.0 Å². The Bertz CT molecular complexity index is 1440. The molecule has 0 unspecified atom stereocenters. The molecule has 0 saturated heterocycles. The van der Waals surface area contributed by atoms with E-state index in [2.05, 4.69) is 31.0 Å². The first-order valence-electron chi connectivity index (χ1n) is 11.8. The molecule has 0 bridgehead atoms. The molecule has 0 saturated carbocycles. The number of benzene rings is 2. The number of anilines is 1. The minimum absolute atomic E-state index is 0.169. The van der Waals surface area contributed by atoms with Crippen molar-refractivity contribution in [2.45, 2.75) is 39.7 Å². The molecule has 1 atom stereocenters. The van der Waals surface area contributed by atoms with Gasteiger partial charge in [-0.15, -0.1) is 0 Å². The fourth-order valence-electron chi connectivity index (χ4n) is 4.19. The molecule has 6 nitrogen and oxygen atoms in total. The highest BCUT2D eigenvalue weighted by Crippen LogP contribution is 2.31. The van der Waals surface area contributed by atoms with Crippen molar-refractivity contribution in [3.63, 3.8) is 0 Å². The van der Waals surface area contributed by atoms with Gasteiger partial charge in [-0.05, 0) is 54.7 Å². The summed E-state index contributed by atoms with van der Waals surface area (Å²) in [5.74, 6) is -0.0630. The van der Waals surface area contributed by atoms with Gasteiger partial charge in [0.1, 0.15) is 0 Å². The van der Waals surface area contributed by atoms with Crippen LogP contribution in [0.4, 0.5) is 5.69 Å². The quantitative estimate of drug-likeness (QED) is 0.491. The first-order chi connectivity index (χ1) is 16.7. The molecule has 0 radical (unpaired) electrons. The number of carbonyl (C=O) groups excluding carboxylic acids is 1. The lowest BCUT2D eigenvalue weighted by Gasteiger charge is -2.25. The third kappa shape index (κ3) is 4.86. The number of ether oxygens (including phenoxy) is 1. The molecule has 0 N–H and O–H groups in total. The zero-order chi connectivity index (χ0) is 25.3. The van der Waals surface area contributed by atoms with Crippen LogP contribution in [0.2, 0.25) is 0 Å². The highest BCUT2D eigenvalue weighted by molar-refractivity contribution is 7.07. The number of carbonyl (C=O) groups is 1. The number of hydrogen-bond donors (Lipinski definition) is 0. The van der Waals surface area contributed by atoms with Crippen LogP contribution in [-0.2, 0) is 9.53 Å². The Hall–Kier alpha value is -3.45. The van der Waals surface area contributed by atoms with Crippen LogP contribution in [0.5, 0.6) is 0 Å². The zero-order valence-electron chi connectivity index (χ0n) is 21.0. The van der Waals surface area contributed by atoms with E-state index in [4.69, 9.17) is 4.74 Å². The van der Waals surface area contributed by atoms with Crippen LogP contribution >= 0.6 is 11.3 Å². The Morgan fingerprint density at radius 2 is 1.80 bits per heavy atom. The lowest BCUT2D eigenvalue weighted by atomic mass is 9.93. The Morgan fingerprint density at radius 1 is 1.14 bits per heavy atom. The van der Waals surface area contributed by atoms with Crippen molar-refractivity contribution in [3.8, 4) is 0 Å². The van der Waals surface area contributed by atoms with Crippen molar-refractivity contribution in [2.24, 2.45) is 4.99 Å². The second-order valence-corrected chi connectivity index (χ2v) is 10.1. The zero-order valence-corrected chi connectivity index (χ0v) is 21.8. The molecule has 0 aliphatic carbocycles. The molecule has 35 heavy (non-hydrogen) atoms. The van der Waals surface area contributed by atoms with Crippen molar-refractivity contribution >= 4 is 29.1 Å². The van der Waals surface area contributed by atoms with Gasteiger partial charge >= 0.3 is 5.97 Å². The summed E-state index contributed by atoms with van der Waals surface area (Å²) in [7, 11) is 3.98. The van der Waals surface area contributed by atoms with Crippen molar-refractivity contribution < 1.29 is 9.53 Å². The molecule has 1 aromatic heterocycles. The normalized spacial score (nSPS) is 15.7. The third-order valence-corrected chi connectivity index (χ3v) is 7.13. The first kappa shape index (κ1) is 24.7. The van der Waals surface area contributed by atoms with Crippen molar-refractivity contribution in [3.05, 3.63) is 96.2 Å². The number of fused-ring (bicyclic) bond motifs is 1. The molecule has 1 aliphatic heterocycles. The summed E-state index contributed by atoms with van der Waals surface area (Å²) < 4.78 is 7.58. The van der Waals surface area contributed by atoms with Gasteiger partial charge in [0.2, 0.25) is 0 Å². The molecule has 2 heterocycles. The molecule has 4 rings (SSSR count). The molecule has 0 fully saturated rings. The average molecular weight is 490 g/mol. The summed E-state index contributed by atoms with van der Waals surface area (Å²) in [6.07, 6.45) is 1.88. The van der Waals surface area contributed by atoms with Crippen LogP contribution in [0, 0.1) is 0 Å². The van der Waals surface area contributed by atoms with Crippen molar-refractivity contribution in [2.75, 3.05) is 25.6 Å². The molecule has 0 amide bonds. The fourth-order valence-corrected chi connectivity index (χ4v) is 5.24. The van der Waals surface area contributed by atoms with Gasteiger partial charge in [0.25, 0.3) is 5.56 Å². The highest BCUT2D eigenvalue weighted by atomic mass is 32.1. The van der Waals surface area contributed by atoms with E-state index in [-0.39, 0.29) is 12.2 Å². The second-order valence-electron chi connectivity index (χ2n) is 9.11. The van der Waals surface area contributed by atoms with E-state index in [1.54, 1.807) is 18.4 Å². The van der Waals surface area contributed by atoms with Crippen LogP contribution < -0.4 is 19.8 Å². The molecule has 1 aliphatic rings.